The summed E-state index contributed by atoms with van der Waals surface area (Å²) in [6.07, 6.45) is -1.46. The van der Waals surface area contributed by atoms with E-state index in [1.807, 2.05) is 19.3 Å². The van der Waals surface area contributed by atoms with Crippen LogP contribution >= 0.6 is 11.3 Å². The molecule has 28 heavy (non-hydrogen) atoms. The van der Waals surface area contributed by atoms with Gasteiger partial charge in [0.25, 0.3) is 0 Å². The van der Waals surface area contributed by atoms with Gasteiger partial charge in [0.1, 0.15) is 21.0 Å². The lowest BCUT2D eigenvalue weighted by Gasteiger charge is -2.42. The van der Waals surface area contributed by atoms with Crippen LogP contribution in [-0.4, -0.2) is 36.0 Å². The first-order valence-electron chi connectivity index (χ1n) is 8.58. The fourth-order valence-electron chi connectivity index (χ4n) is 3.51. The van der Waals surface area contributed by atoms with Crippen LogP contribution in [0.25, 0.3) is 32.6 Å². The van der Waals surface area contributed by atoms with Crippen molar-refractivity contribution in [2.24, 2.45) is 13.0 Å². The molecular formula is C18H14F3N5OS. The van der Waals surface area contributed by atoms with Crippen molar-refractivity contribution < 1.29 is 18.3 Å². The Morgan fingerprint density at radius 2 is 2.04 bits per heavy atom. The lowest BCUT2D eigenvalue weighted by molar-refractivity contribution is -0.242. The second-order valence-corrected chi connectivity index (χ2v) is 8.14. The highest BCUT2D eigenvalue weighted by molar-refractivity contribution is 7.18. The number of pyridine rings is 2. The van der Waals surface area contributed by atoms with Crippen molar-refractivity contribution in [1.29, 1.82) is 0 Å². The Bertz CT molecular complexity index is 1210. The molecule has 0 aromatic carbocycles. The molecule has 0 bridgehead atoms. The summed E-state index contributed by atoms with van der Waals surface area (Å²) in [5.74, 6) is -1.48. The van der Waals surface area contributed by atoms with Crippen LogP contribution in [0.3, 0.4) is 0 Å². The van der Waals surface area contributed by atoms with Gasteiger partial charge in [-0.15, -0.1) is 0 Å². The Morgan fingerprint density at radius 3 is 2.79 bits per heavy atom. The molecule has 0 unspecified atom stereocenters. The Hall–Kier alpha value is -2.59. The van der Waals surface area contributed by atoms with Gasteiger partial charge in [0, 0.05) is 30.4 Å². The first-order chi connectivity index (χ1) is 13.2. The van der Waals surface area contributed by atoms with E-state index in [1.165, 1.54) is 0 Å². The maximum atomic E-state index is 12.8. The number of aliphatic hydroxyl groups is 1. The van der Waals surface area contributed by atoms with Gasteiger partial charge in [0.2, 0.25) is 0 Å². The molecule has 4 aromatic rings. The SMILES string of the molecule is Cn1cc2cc(-c3ccc4nc(C5(O)CC(C(F)(F)F)C5)sc4n3)cnc2n1. The van der Waals surface area contributed by atoms with E-state index in [1.54, 1.807) is 23.0 Å². The van der Waals surface area contributed by atoms with Crippen molar-refractivity contribution in [3.63, 3.8) is 0 Å². The normalized spacial score (nSPS) is 22.7. The molecule has 1 aliphatic rings. The van der Waals surface area contributed by atoms with Crippen LogP contribution in [-0.2, 0) is 12.6 Å². The van der Waals surface area contributed by atoms with Gasteiger partial charge in [0.15, 0.2) is 5.65 Å². The highest BCUT2D eigenvalue weighted by Gasteiger charge is 2.57. The van der Waals surface area contributed by atoms with E-state index < -0.39 is 17.7 Å². The van der Waals surface area contributed by atoms with Gasteiger partial charge in [-0.1, -0.05) is 11.3 Å². The predicted molar refractivity (Wildman–Crippen MR) is 97.6 cm³/mol. The molecule has 0 atom stereocenters. The van der Waals surface area contributed by atoms with Gasteiger partial charge >= 0.3 is 6.18 Å². The second kappa shape index (κ2) is 5.71. The average molecular weight is 405 g/mol. The molecule has 1 saturated carbocycles. The minimum atomic E-state index is -4.29. The van der Waals surface area contributed by atoms with Crippen molar-refractivity contribution in [1.82, 2.24) is 24.7 Å². The summed E-state index contributed by atoms with van der Waals surface area (Å²) in [7, 11) is 1.82. The van der Waals surface area contributed by atoms with Crippen LogP contribution in [0.4, 0.5) is 13.2 Å². The molecule has 0 amide bonds. The third-order valence-corrected chi connectivity index (χ3v) is 6.21. The van der Waals surface area contributed by atoms with Gasteiger partial charge in [-0.05, 0) is 31.0 Å². The number of hydrogen-bond donors (Lipinski definition) is 1. The largest absolute Gasteiger partial charge is 0.392 e. The number of hydrogen-bond acceptors (Lipinski definition) is 6. The van der Waals surface area contributed by atoms with Crippen molar-refractivity contribution in [3.05, 3.63) is 35.6 Å². The molecule has 1 N–H and O–H groups in total. The van der Waals surface area contributed by atoms with Crippen molar-refractivity contribution in [2.45, 2.75) is 24.6 Å². The molecule has 1 aliphatic carbocycles. The Kier molecular flexibility index (Phi) is 3.57. The molecule has 0 saturated heterocycles. The summed E-state index contributed by atoms with van der Waals surface area (Å²) in [4.78, 5) is 13.8. The van der Waals surface area contributed by atoms with E-state index in [-0.39, 0.29) is 17.8 Å². The maximum Gasteiger partial charge on any atom is 0.392 e. The number of aryl methyl sites for hydroxylation is 1. The van der Waals surface area contributed by atoms with E-state index in [4.69, 9.17) is 0 Å². The summed E-state index contributed by atoms with van der Waals surface area (Å²) in [6.45, 7) is 0. The van der Waals surface area contributed by atoms with Crippen LogP contribution in [0.5, 0.6) is 0 Å². The first-order valence-corrected chi connectivity index (χ1v) is 9.40. The van der Waals surface area contributed by atoms with E-state index in [9.17, 15) is 18.3 Å². The van der Waals surface area contributed by atoms with Gasteiger partial charge < -0.3 is 5.11 Å². The van der Waals surface area contributed by atoms with Gasteiger partial charge in [-0.3, -0.25) is 4.68 Å². The molecule has 10 heteroatoms. The van der Waals surface area contributed by atoms with Crippen molar-refractivity contribution in [2.75, 3.05) is 0 Å². The van der Waals surface area contributed by atoms with Crippen LogP contribution in [0, 0.1) is 5.92 Å². The highest BCUT2D eigenvalue weighted by atomic mass is 32.1. The van der Waals surface area contributed by atoms with Crippen molar-refractivity contribution >= 4 is 32.7 Å². The number of thiazole rings is 1. The quantitative estimate of drug-likeness (QED) is 0.549. The Labute approximate surface area is 160 Å². The second-order valence-electron chi connectivity index (χ2n) is 7.16. The topological polar surface area (TPSA) is 76.7 Å². The maximum absolute atomic E-state index is 12.8. The van der Waals surface area contributed by atoms with Crippen LogP contribution in [0.2, 0.25) is 0 Å². The zero-order valence-electron chi connectivity index (χ0n) is 14.6. The smallest absolute Gasteiger partial charge is 0.383 e. The summed E-state index contributed by atoms with van der Waals surface area (Å²) >= 11 is 1.13. The Morgan fingerprint density at radius 1 is 1.25 bits per heavy atom. The number of nitrogens with zero attached hydrogens (tertiary/aromatic N) is 5. The minimum Gasteiger partial charge on any atom is -0.383 e. The third-order valence-electron chi connectivity index (χ3n) is 5.05. The van der Waals surface area contributed by atoms with Gasteiger partial charge in [-0.25, -0.2) is 15.0 Å². The zero-order chi connectivity index (χ0) is 19.7. The summed E-state index contributed by atoms with van der Waals surface area (Å²) in [5, 5.41) is 15.9. The molecule has 6 nitrogen and oxygen atoms in total. The van der Waals surface area contributed by atoms with Gasteiger partial charge in [0.05, 0.1) is 11.6 Å². The molecule has 1 fully saturated rings. The summed E-state index contributed by atoms with van der Waals surface area (Å²) in [5.41, 5.74) is 1.15. The molecule has 0 spiro atoms. The van der Waals surface area contributed by atoms with E-state index in [0.717, 1.165) is 22.3 Å². The molecule has 144 valence electrons. The summed E-state index contributed by atoms with van der Waals surface area (Å²) in [6, 6.07) is 5.47. The fourth-order valence-corrected chi connectivity index (χ4v) is 4.56. The van der Waals surface area contributed by atoms with E-state index in [0.29, 0.717) is 21.7 Å². The number of aromatic nitrogens is 5. The highest BCUT2D eigenvalue weighted by Crippen LogP contribution is 2.53. The van der Waals surface area contributed by atoms with E-state index in [2.05, 4.69) is 20.1 Å². The zero-order valence-corrected chi connectivity index (χ0v) is 15.4. The average Bonchev–Trinajstić information content (AvgIpc) is 3.18. The standard InChI is InChI=1S/C18H14F3N5OS/c1-26-8-10-4-9(7-22-14(10)25-26)12-2-3-13-15(23-12)28-16(24-13)17(27)5-11(6-17)18(19,20)21/h2-4,7-8,11,27H,5-6H2,1H3. The number of alkyl halides is 3. The van der Waals surface area contributed by atoms with Crippen LogP contribution in [0.1, 0.15) is 17.8 Å². The summed E-state index contributed by atoms with van der Waals surface area (Å²) < 4.78 is 40.0. The lowest BCUT2D eigenvalue weighted by atomic mass is 9.71. The molecule has 4 heterocycles. The molecule has 4 aromatic heterocycles. The van der Waals surface area contributed by atoms with Crippen LogP contribution in [0.15, 0.2) is 30.6 Å². The lowest BCUT2D eigenvalue weighted by Crippen LogP contribution is -2.47. The number of halogens is 3. The number of rotatable bonds is 2. The monoisotopic (exact) mass is 405 g/mol. The van der Waals surface area contributed by atoms with Crippen molar-refractivity contribution in [3.8, 4) is 11.3 Å². The first kappa shape index (κ1) is 17.5. The van der Waals surface area contributed by atoms with E-state index >= 15 is 0 Å². The molecular weight excluding hydrogens is 391 g/mol. The predicted octanol–water partition coefficient (Wildman–Crippen LogP) is 3.80. The Balaban J connectivity index is 1.48. The fraction of sp³-hybridized carbons (Fsp3) is 0.333. The molecule has 5 rings (SSSR count). The van der Waals surface area contributed by atoms with Crippen LogP contribution < -0.4 is 0 Å². The minimum absolute atomic E-state index is 0.286. The third kappa shape index (κ3) is 2.75. The molecule has 0 aliphatic heterocycles. The van der Waals surface area contributed by atoms with Gasteiger partial charge in [-0.2, -0.15) is 18.3 Å². The molecule has 0 radical (unpaired) electrons. The number of fused-ring (bicyclic) bond motifs is 2.